The number of aromatic carboxylic acids is 1. The van der Waals surface area contributed by atoms with Crippen molar-refractivity contribution in [3.63, 3.8) is 0 Å². The summed E-state index contributed by atoms with van der Waals surface area (Å²) in [6, 6.07) is 10.5. The molecular formula is C14H13NO4. The van der Waals surface area contributed by atoms with Crippen molar-refractivity contribution in [2.24, 2.45) is 0 Å². The molecule has 0 radical (unpaired) electrons. The van der Waals surface area contributed by atoms with Crippen molar-refractivity contribution in [3.05, 3.63) is 42.0 Å². The van der Waals surface area contributed by atoms with Gasteiger partial charge in [-0.3, -0.25) is 4.79 Å². The maximum atomic E-state index is 11.2. The maximum Gasteiger partial charge on any atom is 0.339 e. The van der Waals surface area contributed by atoms with Crippen LogP contribution in [0.1, 0.15) is 10.4 Å². The highest BCUT2D eigenvalue weighted by Gasteiger charge is 2.15. The number of carboxylic acids is 1. The van der Waals surface area contributed by atoms with Crippen molar-refractivity contribution >= 4 is 22.6 Å². The number of amides is 1. The number of nitrogens with one attached hydrogen (secondary N) is 1. The van der Waals surface area contributed by atoms with Gasteiger partial charge in [0.2, 0.25) is 0 Å². The highest BCUT2D eigenvalue weighted by Crippen LogP contribution is 2.29. The third kappa shape index (κ3) is 2.65. The zero-order chi connectivity index (χ0) is 13.8. The summed E-state index contributed by atoms with van der Waals surface area (Å²) in [4.78, 5) is 22.4. The van der Waals surface area contributed by atoms with Crippen LogP contribution in [0.2, 0.25) is 0 Å². The van der Waals surface area contributed by atoms with Crippen molar-refractivity contribution in [2.45, 2.75) is 0 Å². The lowest BCUT2D eigenvalue weighted by molar-refractivity contribution is -0.122. The van der Waals surface area contributed by atoms with Crippen molar-refractivity contribution in [1.29, 1.82) is 0 Å². The smallest absolute Gasteiger partial charge is 0.339 e. The van der Waals surface area contributed by atoms with E-state index in [2.05, 4.69) is 5.32 Å². The molecule has 0 saturated carbocycles. The van der Waals surface area contributed by atoms with Crippen molar-refractivity contribution in [2.75, 3.05) is 13.7 Å². The van der Waals surface area contributed by atoms with Crippen LogP contribution in [-0.2, 0) is 4.79 Å². The number of ether oxygens (including phenoxy) is 1. The first-order valence-corrected chi connectivity index (χ1v) is 5.72. The number of hydrogen-bond donors (Lipinski definition) is 2. The topological polar surface area (TPSA) is 75.6 Å². The van der Waals surface area contributed by atoms with E-state index < -0.39 is 5.97 Å². The molecule has 5 heteroatoms. The van der Waals surface area contributed by atoms with Gasteiger partial charge in [0.15, 0.2) is 6.61 Å². The number of benzene rings is 2. The van der Waals surface area contributed by atoms with E-state index in [1.165, 1.54) is 13.1 Å². The van der Waals surface area contributed by atoms with E-state index in [-0.39, 0.29) is 23.8 Å². The quantitative estimate of drug-likeness (QED) is 0.875. The lowest BCUT2D eigenvalue weighted by atomic mass is 10.1. The highest BCUT2D eigenvalue weighted by atomic mass is 16.5. The van der Waals surface area contributed by atoms with Crippen LogP contribution in [0.25, 0.3) is 10.8 Å². The zero-order valence-electron chi connectivity index (χ0n) is 10.3. The molecule has 0 atom stereocenters. The average molecular weight is 259 g/mol. The molecule has 5 nitrogen and oxygen atoms in total. The third-order valence-corrected chi connectivity index (χ3v) is 2.74. The summed E-state index contributed by atoms with van der Waals surface area (Å²) in [6.45, 7) is -0.217. The molecule has 2 rings (SSSR count). The van der Waals surface area contributed by atoms with E-state index in [1.807, 2.05) is 12.1 Å². The summed E-state index contributed by atoms with van der Waals surface area (Å²) in [5.74, 6) is -1.18. The molecule has 1 amide bonds. The number of carboxylic acid groups (broad SMARTS) is 1. The van der Waals surface area contributed by atoms with Crippen molar-refractivity contribution in [3.8, 4) is 5.75 Å². The molecule has 0 spiro atoms. The van der Waals surface area contributed by atoms with Crippen LogP contribution in [0.4, 0.5) is 0 Å². The van der Waals surface area contributed by atoms with Gasteiger partial charge in [-0.2, -0.15) is 0 Å². The van der Waals surface area contributed by atoms with Gasteiger partial charge in [-0.25, -0.2) is 4.79 Å². The number of hydrogen-bond acceptors (Lipinski definition) is 3. The number of carbonyl (C=O) groups is 2. The van der Waals surface area contributed by atoms with Gasteiger partial charge in [0, 0.05) is 12.4 Å². The Hall–Kier alpha value is -2.56. The Labute approximate surface area is 109 Å². The number of carbonyl (C=O) groups excluding carboxylic acids is 1. The fourth-order valence-electron chi connectivity index (χ4n) is 1.78. The Bertz CT molecular complexity index is 636. The minimum Gasteiger partial charge on any atom is -0.482 e. The van der Waals surface area contributed by atoms with Gasteiger partial charge in [0.1, 0.15) is 11.3 Å². The summed E-state index contributed by atoms with van der Waals surface area (Å²) in [6.07, 6.45) is 0. The Kier molecular flexibility index (Phi) is 3.66. The van der Waals surface area contributed by atoms with Gasteiger partial charge < -0.3 is 15.2 Å². The molecule has 2 aromatic carbocycles. The fourth-order valence-corrected chi connectivity index (χ4v) is 1.78. The summed E-state index contributed by atoms with van der Waals surface area (Å²) < 4.78 is 5.37. The number of likely N-dealkylation sites (N-methyl/N-ethyl adjacent to an activating group) is 1. The molecule has 0 aliphatic rings. The Morgan fingerprint density at radius 3 is 2.63 bits per heavy atom. The van der Waals surface area contributed by atoms with E-state index in [9.17, 15) is 9.59 Å². The second kappa shape index (κ2) is 5.39. The minimum atomic E-state index is -1.09. The normalized spacial score (nSPS) is 10.2. The lowest BCUT2D eigenvalue weighted by Gasteiger charge is -2.11. The van der Waals surface area contributed by atoms with Crippen molar-refractivity contribution in [1.82, 2.24) is 5.32 Å². The molecule has 0 unspecified atom stereocenters. The molecule has 0 saturated heterocycles. The maximum absolute atomic E-state index is 11.2. The second-order valence-electron chi connectivity index (χ2n) is 3.93. The van der Waals surface area contributed by atoms with Gasteiger partial charge in [0.25, 0.3) is 5.91 Å². The average Bonchev–Trinajstić information content (AvgIpc) is 2.43. The molecule has 0 bridgehead atoms. The van der Waals surface area contributed by atoms with E-state index in [4.69, 9.17) is 9.84 Å². The van der Waals surface area contributed by atoms with Gasteiger partial charge in [-0.1, -0.05) is 30.3 Å². The van der Waals surface area contributed by atoms with Crippen LogP contribution in [0.5, 0.6) is 5.75 Å². The van der Waals surface area contributed by atoms with E-state index in [0.29, 0.717) is 5.39 Å². The first-order valence-electron chi connectivity index (χ1n) is 5.72. The van der Waals surface area contributed by atoms with Gasteiger partial charge in [-0.15, -0.1) is 0 Å². The predicted molar refractivity (Wildman–Crippen MR) is 70.5 cm³/mol. The summed E-state index contributed by atoms with van der Waals surface area (Å²) in [5.41, 5.74) is 0.0441. The monoisotopic (exact) mass is 259 g/mol. The highest BCUT2D eigenvalue weighted by molar-refractivity contribution is 6.00. The molecule has 0 aromatic heterocycles. The van der Waals surface area contributed by atoms with Crippen LogP contribution in [0.3, 0.4) is 0 Å². The SMILES string of the molecule is CNC(=O)COc1c(C(=O)O)ccc2ccccc12. The number of rotatable bonds is 4. The second-order valence-corrected chi connectivity index (χ2v) is 3.93. The van der Waals surface area contributed by atoms with E-state index >= 15 is 0 Å². The largest absolute Gasteiger partial charge is 0.482 e. The van der Waals surface area contributed by atoms with E-state index in [0.717, 1.165) is 5.39 Å². The van der Waals surface area contributed by atoms with Crippen LogP contribution in [0.15, 0.2) is 36.4 Å². The van der Waals surface area contributed by atoms with Crippen LogP contribution in [-0.4, -0.2) is 30.6 Å². The first kappa shape index (κ1) is 12.9. The van der Waals surface area contributed by atoms with Gasteiger partial charge >= 0.3 is 5.97 Å². The standard InChI is InChI=1S/C14H13NO4/c1-15-12(16)8-19-13-10-5-3-2-4-9(10)6-7-11(13)14(17)18/h2-7H,8H2,1H3,(H,15,16)(H,17,18). The summed E-state index contributed by atoms with van der Waals surface area (Å²) >= 11 is 0. The molecule has 2 aromatic rings. The number of fused-ring (bicyclic) bond motifs is 1. The third-order valence-electron chi connectivity index (χ3n) is 2.74. The van der Waals surface area contributed by atoms with Crippen LogP contribution >= 0.6 is 0 Å². The van der Waals surface area contributed by atoms with Crippen molar-refractivity contribution < 1.29 is 19.4 Å². The first-order chi connectivity index (χ1) is 9.13. The summed E-state index contributed by atoms with van der Waals surface area (Å²) in [7, 11) is 1.49. The molecule has 98 valence electrons. The molecule has 19 heavy (non-hydrogen) atoms. The predicted octanol–water partition coefficient (Wildman–Crippen LogP) is 1.66. The van der Waals surface area contributed by atoms with Crippen LogP contribution < -0.4 is 10.1 Å². The summed E-state index contributed by atoms with van der Waals surface area (Å²) in [5, 5.41) is 13.1. The molecule has 0 aliphatic heterocycles. The molecule has 0 heterocycles. The van der Waals surface area contributed by atoms with Gasteiger partial charge in [0.05, 0.1) is 0 Å². The van der Waals surface area contributed by atoms with Gasteiger partial charge in [-0.05, 0) is 11.5 Å². The molecule has 2 N–H and O–H groups in total. The zero-order valence-corrected chi connectivity index (χ0v) is 10.3. The fraction of sp³-hybridized carbons (Fsp3) is 0.143. The minimum absolute atomic E-state index is 0.0441. The molecule has 0 fully saturated rings. The van der Waals surface area contributed by atoms with E-state index in [1.54, 1.807) is 18.2 Å². The Morgan fingerprint density at radius 1 is 1.21 bits per heavy atom. The molecule has 0 aliphatic carbocycles. The van der Waals surface area contributed by atoms with Crippen LogP contribution in [0, 0.1) is 0 Å². The Morgan fingerprint density at radius 2 is 1.95 bits per heavy atom. The lowest BCUT2D eigenvalue weighted by Crippen LogP contribution is -2.25. The molecular weight excluding hydrogens is 246 g/mol. The Balaban J connectivity index is 2.49.